The normalized spacial score (nSPS) is 15.5. The minimum atomic E-state index is -0.950. The molecular weight excluding hydrogens is 382 g/mol. The van der Waals surface area contributed by atoms with E-state index in [1.165, 1.54) is 0 Å². The molecule has 0 spiro atoms. The van der Waals surface area contributed by atoms with Crippen LogP contribution in [-0.2, 0) is 10.3 Å². The van der Waals surface area contributed by atoms with E-state index in [0.29, 0.717) is 17.0 Å². The van der Waals surface area contributed by atoms with Gasteiger partial charge in [0.05, 0.1) is 17.9 Å². The molecule has 8 heteroatoms. The number of aromatic nitrogens is 3. The van der Waals surface area contributed by atoms with Gasteiger partial charge in [-0.3, -0.25) is 4.79 Å². The van der Waals surface area contributed by atoms with Gasteiger partial charge >= 0.3 is 0 Å². The molecule has 0 atom stereocenters. The second-order valence-electron chi connectivity index (χ2n) is 8.11. The minimum Gasteiger partial charge on any atom is -0.386 e. The highest BCUT2D eigenvalue weighted by Crippen LogP contribution is 2.25. The number of carbonyl (C=O) groups is 1. The first-order valence-corrected chi connectivity index (χ1v) is 10.1. The summed E-state index contributed by atoms with van der Waals surface area (Å²) in [6, 6.07) is 10.6. The topological polar surface area (TPSA) is 92.0 Å². The molecule has 8 nitrogen and oxygen atoms in total. The molecule has 1 aromatic carbocycles. The fraction of sp³-hybridized carbons (Fsp3) is 0.409. The molecule has 0 saturated carbocycles. The van der Waals surface area contributed by atoms with Gasteiger partial charge in [-0.2, -0.15) is 9.61 Å². The third kappa shape index (κ3) is 4.15. The number of amides is 1. The highest BCUT2D eigenvalue weighted by Gasteiger charge is 2.22. The number of piperidine rings is 1. The highest BCUT2D eigenvalue weighted by molar-refractivity contribution is 6.04. The molecule has 1 fully saturated rings. The number of rotatable bonds is 5. The third-order valence-corrected chi connectivity index (χ3v) is 5.54. The number of nitrogens with zero attached hydrogens (tertiary/aromatic N) is 4. The van der Waals surface area contributed by atoms with Crippen molar-refractivity contribution in [2.24, 2.45) is 0 Å². The van der Waals surface area contributed by atoms with Crippen molar-refractivity contribution >= 4 is 23.2 Å². The predicted molar refractivity (Wildman–Crippen MR) is 115 cm³/mol. The largest absolute Gasteiger partial charge is 0.386 e. The van der Waals surface area contributed by atoms with Crippen LogP contribution >= 0.6 is 0 Å². The van der Waals surface area contributed by atoms with Crippen molar-refractivity contribution < 1.29 is 14.6 Å². The van der Waals surface area contributed by atoms with E-state index in [-0.39, 0.29) is 12.0 Å². The van der Waals surface area contributed by atoms with Gasteiger partial charge in [0, 0.05) is 37.9 Å². The summed E-state index contributed by atoms with van der Waals surface area (Å²) in [6.45, 7) is 5.13. The van der Waals surface area contributed by atoms with Crippen LogP contribution in [0.2, 0.25) is 0 Å². The van der Waals surface area contributed by atoms with Gasteiger partial charge in [0.25, 0.3) is 5.91 Å². The molecule has 158 valence electrons. The lowest BCUT2D eigenvalue weighted by Gasteiger charge is -2.32. The Balaban J connectivity index is 1.56. The van der Waals surface area contributed by atoms with E-state index < -0.39 is 5.60 Å². The van der Waals surface area contributed by atoms with Crippen LogP contribution in [0, 0.1) is 0 Å². The Kier molecular flexibility index (Phi) is 5.44. The van der Waals surface area contributed by atoms with Crippen LogP contribution in [-0.4, -0.2) is 51.9 Å². The van der Waals surface area contributed by atoms with Crippen LogP contribution in [0.4, 0.5) is 11.6 Å². The summed E-state index contributed by atoms with van der Waals surface area (Å²) in [5.41, 5.74) is 0.976. The number of benzene rings is 1. The van der Waals surface area contributed by atoms with Gasteiger partial charge in [0.1, 0.15) is 11.6 Å². The average Bonchev–Trinajstić information content (AvgIpc) is 3.21. The van der Waals surface area contributed by atoms with E-state index >= 15 is 0 Å². The molecule has 2 N–H and O–H groups in total. The van der Waals surface area contributed by atoms with Crippen molar-refractivity contribution in [3.8, 4) is 0 Å². The molecule has 30 heavy (non-hydrogen) atoms. The molecule has 0 aliphatic carbocycles. The van der Waals surface area contributed by atoms with Gasteiger partial charge in [0.2, 0.25) is 0 Å². The third-order valence-electron chi connectivity index (χ3n) is 5.54. The van der Waals surface area contributed by atoms with Crippen LogP contribution in [0.1, 0.15) is 42.6 Å². The molecule has 1 aliphatic rings. The van der Waals surface area contributed by atoms with Gasteiger partial charge in [-0.15, -0.1) is 0 Å². The SMILES string of the molecule is COC1CCN(c2cc(NC(=O)c3ccc(C(C)(C)O)cc3)nc3ccnn23)CC1. The Morgan fingerprint density at radius 1 is 1.20 bits per heavy atom. The van der Waals surface area contributed by atoms with Crippen molar-refractivity contribution in [1.82, 2.24) is 14.6 Å². The number of methoxy groups -OCH3 is 1. The van der Waals surface area contributed by atoms with E-state index in [4.69, 9.17) is 4.74 Å². The van der Waals surface area contributed by atoms with Crippen LogP contribution in [0.5, 0.6) is 0 Å². The number of carbonyl (C=O) groups excluding carboxylic acids is 1. The monoisotopic (exact) mass is 409 g/mol. The number of anilines is 2. The lowest BCUT2D eigenvalue weighted by Crippen LogP contribution is -2.37. The van der Waals surface area contributed by atoms with Gasteiger partial charge in [-0.05, 0) is 44.4 Å². The zero-order valence-corrected chi connectivity index (χ0v) is 17.5. The number of hydrogen-bond acceptors (Lipinski definition) is 6. The minimum absolute atomic E-state index is 0.252. The molecular formula is C22H27N5O3. The van der Waals surface area contributed by atoms with Gasteiger partial charge in [-0.25, -0.2) is 4.98 Å². The molecule has 3 aromatic rings. The maximum atomic E-state index is 12.8. The quantitative estimate of drug-likeness (QED) is 0.673. The van der Waals surface area contributed by atoms with E-state index in [0.717, 1.165) is 37.3 Å². The first-order valence-electron chi connectivity index (χ1n) is 10.1. The number of hydrogen-bond donors (Lipinski definition) is 2. The van der Waals surface area contributed by atoms with Gasteiger partial charge < -0.3 is 20.1 Å². The maximum Gasteiger partial charge on any atom is 0.256 e. The first kappa shape index (κ1) is 20.3. The van der Waals surface area contributed by atoms with Gasteiger partial charge in [-0.1, -0.05) is 12.1 Å². The number of ether oxygens (including phenoxy) is 1. The molecule has 1 amide bonds. The molecule has 1 saturated heterocycles. The zero-order chi connectivity index (χ0) is 21.3. The lowest BCUT2D eigenvalue weighted by molar-refractivity contribution is 0.0784. The summed E-state index contributed by atoms with van der Waals surface area (Å²) < 4.78 is 7.26. The summed E-state index contributed by atoms with van der Waals surface area (Å²) in [5, 5.41) is 17.4. The average molecular weight is 409 g/mol. The molecule has 0 unspecified atom stereocenters. The Morgan fingerprint density at radius 3 is 2.53 bits per heavy atom. The Labute approximate surface area is 175 Å². The summed E-state index contributed by atoms with van der Waals surface area (Å²) >= 11 is 0. The smallest absolute Gasteiger partial charge is 0.256 e. The molecule has 1 aliphatic heterocycles. The van der Waals surface area contributed by atoms with Crippen LogP contribution in [0.3, 0.4) is 0 Å². The second-order valence-corrected chi connectivity index (χ2v) is 8.11. The number of fused-ring (bicyclic) bond motifs is 1. The summed E-state index contributed by atoms with van der Waals surface area (Å²) in [7, 11) is 1.75. The molecule has 0 bridgehead atoms. The van der Waals surface area contributed by atoms with Crippen molar-refractivity contribution in [2.45, 2.75) is 38.4 Å². The predicted octanol–water partition coefficient (Wildman–Crippen LogP) is 2.82. The molecule has 3 heterocycles. The summed E-state index contributed by atoms with van der Waals surface area (Å²) in [4.78, 5) is 19.5. The second kappa shape index (κ2) is 8.04. The Morgan fingerprint density at radius 2 is 1.90 bits per heavy atom. The van der Waals surface area contributed by atoms with E-state index in [1.54, 1.807) is 55.9 Å². The van der Waals surface area contributed by atoms with E-state index in [2.05, 4.69) is 20.3 Å². The van der Waals surface area contributed by atoms with Gasteiger partial charge in [0.15, 0.2) is 5.65 Å². The van der Waals surface area contributed by atoms with E-state index in [1.807, 2.05) is 12.1 Å². The fourth-order valence-electron chi connectivity index (χ4n) is 3.72. The van der Waals surface area contributed by atoms with Crippen LogP contribution in [0.25, 0.3) is 5.65 Å². The Bertz CT molecular complexity index is 1030. The van der Waals surface area contributed by atoms with Crippen molar-refractivity contribution in [1.29, 1.82) is 0 Å². The molecule has 2 aromatic heterocycles. The fourth-order valence-corrected chi connectivity index (χ4v) is 3.72. The maximum absolute atomic E-state index is 12.8. The van der Waals surface area contributed by atoms with Crippen LogP contribution < -0.4 is 10.2 Å². The lowest BCUT2D eigenvalue weighted by atomic mass is 9.97. The number of aliphatic hydroxyl groups is 1. The van der Waals surface area contributed by atoms with Crippen LogP contribution in [0.15, 0.2) is 42.6 Å². The zero-order valence-electron chi connectivity index (χ0n) is 17.5. The van der Waals surface area contributed by atoms with Crippen molar-refractivity contribution in [3.63, 3.8) is 0 Å². The van der Waals surface area contributed by atoms with E-state index in [9.17, 15) is 9.90 Å². The first-order chi connectivity index (χ1) is 14.3. The molecule has 4 rings (SSSR count). The standard InChI is InChI=1S/C22H27N5O3/c1-22(2,29)16-6-4-15(5-7-16)21(28)25-18-14-20(27-19(24-18)8-11-23-27)26-12-9-17(30-3)10-13-26/h4-8,11,14,17,29H,9-10,12-13H2,1-3H3,(H,24,25,28). The Hall–Kier alpha value is -2.97. The highest BCUT2D eigenvalue weighted by atomic mass is 16.5. The number of nitrogens with one attached hydrogen (secondary N) is 1. The van der Waals surface area contributed by atoms with Crippen molar-refractivity contribution in [2.75, 3.05) is 30.4 Å². The summed E-state index contributed by atoms with van der Waals surface area (Å²) in [6.07, 6.45) is 3.87. The van der Waals surface area contributed by atoms with Crippen molar-refractivity contribution in [3.05, 3.63) is 53.7 Å². The summed E-state index contributed by atoms with van der Waals surface area (Å²) in [5.74, 6) is 1.12. The molecule has 0 radical (unpaired) electrons.